The van der Waals surface area contributed by atoms with Crippen molar-refractivity contribution in [3.63, 3.8) is 0 Å². The normalized spacial score (nSPS) is 25.6. The van der Waals surface area contributed by atoms with E-state index in [0.717, 1.165) is 17.7 Å². The SMILES string of the molecule is CCCN1C(=O)[C@H]2[C@@H](c3ccncc3)N(c3ccccc3)O[C@H]2C1=O. The third kappa shape index (κ3) is 2.49. The van der Waals surface area contributed by atoms with Gasteiger partial charge in [-0.1, -0.05) is 25.1 Å². The summed E-state index contributed by atoms with van der Waals surface area (Å²) in [5.41, 5.74) is 1.73. The fourth-order valence-corrected chi connectivity index (χ4v) is 3.61. The largest absolute Gasteiger partial charge is 0.280 e. The minimum absolute atomic E-state index is 0.155. The summed E-state index contributed by atoms with van der Waals surface area (Å²) in [5, 5.41) is 1.70. The number of hydrogen-bond acceptors (Lipinski definition) is 5. The highest BCUT2D eigenvalue weighted by Crippen LogP contribution is 2.46. The van der Waals surface area contributed by atoms with Crippen LogP contribution in [0.3, 0.4) is 0 Å². The van der Waals surface area contributed by atoms with Crippen LogP contribution < -0.4 is 5.06 Å². The Morgan fingerprint density at radius 1 is 1.04 bits per heavy atom. The van der Waals surface area contributed by atoms with E-state index in [0.29, 0.717) is 6.54 Å². The second-order valence-corrected chi connectivity index (χ2v) is 6.27. The zero-order valence-electron chi connectivity index (χ0n) is 13.9. The molecule has 0 radical (unpaired) electrons. The van der Waals surface area contributed by atoms with Crippen molar-refractivity contribution in [1.29, 1.82) is 0 Å². The average molecular weight is 337 g/mol. The van der Waals surface area contributed by atoms with Gasteiger partial charge in [0, 0.05) is 18.9 Å². The summed E-state index contributed by atoms with van der Waals surface area (Å²) in [6, 6.07) is 12.9. The number of pyridine rings is 1. The number of benzene rings is 1. The highest BCUT2D eigenvalue weighted by Gasteiger charge is 2.59. The van der Waals surface area contributed by atoms with Crippen LogP contribution in [-0.2, 0) is 14.4 Å². The van der Waals surface area contributed by atoms with E-state index >= 15 is 0 Å². The number of likely N-dealkylation sites (tertiary alicyclic amines) is 1. The van der Waals surface area contributed by atoms with Gasteiger partial charge in [0.05, 0.1) is 11.7 Å². The first-order valence-electron chi connectivity index (χ1n) is 8.48. The predicted octanol–water partition coefficient (Wildman–Crippen LogP) is 2.34. The van der Waals surface area contributed by atoms with E-state index in [1.807, 2.05) is 49.4 Å². The highest BCUT2D eigenvalue weighted by molar-refractivity contribution is 6.07. The lowest BCUT2D eigenvalue weighted by molar-refractivity contribution is -0.143. The molecule has 2 aliphatic heterocycles. The Bertz CT molecular complexity index is 781. The number of hydroxylamine groups is 1. The lowest BCUT2D eigenvalue weighted by Gasteiger charge is -2.28. The molecule has 25 heavy (non-hydrogen) atoms. The topological polar surface area (TPSA) is 62.7 Å². The summed E-state index contributed by atoms with van der Waals surface area (Å²) in [4.78, 5) is 37.0. The molecule has 2 amide bonds. The van der Waals surface area contributed by atoms with Gasteiger partial charge in [-0.05, 0) is 36.2 Å². The first-order chi connectivity index (χ1) is 12.2. The van der Waals surface area contributed by atoms with Crippen molar-refractivity contribution in [2.75, 3.05) is 11.6 Å². The van der Waals surface area contributed by atoms with Crippen molar-refractivity contribution in [3.05, 3.63) is 60.4 Å². The minimum Gasteiger partial charge on any atom is -0.280 e. The Kier molecular flexibility index (Phi) is 3.97. The number of fused-ring (bicyclic) bond motifs is 1. The number of aromatic nitrogens is 1. The van der Waals surface area contributed by atoms with Crippen molar-refractivity contribution < 1.29 is 14.4 Å². The molecule has 3 heterocycles. The third-order valence-corrected chi connectivity index (χ3v) is 4.71. The summed E-state index contributed by atoms with van der Waals surface area (Å²) < 4.78 is 0. The molecule has 0 spiro atoms. The second-order valence-electron chi connectivity index (χ2n) is 6.27. The van der Waals surface area contributed by atoms with Crippen LogP contribution in [0.25, 0.3) is 0 Å². The lowest BCUT2D eigenvalue weighted by Crippen LogP contribution is -2.37. The standard InChI is InChI=1S/C19H19N3O3/c1-2-12-21-18(23)15-16(13-8-10-20-11-9-13)22(25-17(15)19(21)24)14-6-4-3-5-7-14/h3-11,15-17H,2,12H2,1H3/t15-,16+,17+/m0/s1. The van der Waals surface area contributed by atoms with Gasteiger partial charge in [0.2, 0.25) is 5.91 Å². The molecular formula is C19H19N3O3. The van der Waals surface area contributed by atoms with Crippen molar-refractivity contribution in [2.45, 2.75) is 25.5 Å². The van der Waals surface area contributed by atoms with E-state index in [9.17, 15) is 9.59 Å². The Labute approximate surface area is 146 Å². The maximum atomic E-state index is 12.9. The summed E-state index contributed by atoms with van der Waals surface area (Å²) in [5.74, 6) is -0.937. The maximum absolute atomic E-state index is 12.9. The molecule has 1 aromatic heterocycles. The zero-order chi connectivity index (χ0) is 17.4. The van der Waals surface area contributed by atoms with E-state index in [4.69, 9.17) is 4.84 Å². The van der Waals surface area contributed by atoms with Gasteiger partial charge < -0.3 is 0 Å². The number of para-hydroxylation sites is 1. The van der Waals surface area contributed by atoms with Crippen LogP contribution in [0.4, 0.5) is 5.69 Å². The number of hydrogen-bond donors (Lipinski definition) is 0. The Hall–Kier alpha value is -2.73. The number of imide groups is 1. The second kappa shape index (κ2) is 6.29. The van der Waals surface area contributed by atoms with Gasteiger partial charge in [0.15, 0.2) is 6.10 Å². The monoisotopic (exact) mass is 337 g/mol. The molecule has 0 bridgehead atoms. The fourth-order valence-electron chi connectivity index (χ4n) is 3.61. The van der Waals surface area contributed by atoms with E-state index in [1.54, 1.807) is 17.5 Å². The molecule has 6 heteroatoms. The third-order valence-electron chi connectivity index (χ3n) is 4.71. The smallest absolute Gasteiger partial charge is 0.261 e. The molecule has 2 fully saturated rings. The van der Waals surface area contributed by atoms with Crippen LogP contribution in [0.1, 0.15) is 24.9 Å². The molecule has 6 nitrogen and oxygen atoms in total. The number of amides is 2. The molecule has 4 rings (SSSR count). The van der Waals surface area contributed by atoms with Crippen LogP contribution in [0, 0.1) is 5.92 Å². The molecule has 2 aromatic rings. The number of nitrogens with zero attached hydrogens (tertiary/aromatic N) is 3. The summed E-state index contributed by atoms with van der Waals surface area (Å²) in [6.07, 6.45) is 3.35. The Morgan fingerprint density at radius 2 is 1.76 bits per heavy atom. The average Bonchev–Trinajstić information content (AvgIpc) is 3.16. The van der Waals surface area contributed by atoms with E-state index in [-0.39, 0.29) is 17.9 Å². The first-order valence-corrected chi connectivity index (χ1v) is 8.48. The van der Waals surface area contributed by atoms with Crippen LogP contribution in [0.15, 0.2) is 54.9 Å². The Balaban J connectivity index is 1.77. The molecule has 2 aliphatic rings. The number of carbonyl (C=O) groups is 2. The van der Waals surface area contributed by atoms with Gasteiger partial charge in [-0.2, -0.15) is 0 Å². The molecule has 0 saturated carbocycles. The maximum Gasteiger partial charge on any atom is 0.261 e. The van der Waals surface area contributed by atoms with Gasteiger partial charge in [-0.3, -0.25) is 24.3 Å². The van der Waals surface area contributed by atoms with Crippen molar-refractivity contribution in [3.8, 4) is 0 Å². The van der Waals surface area contributed by atoms with Crippen molar-refractivity contribution in [1.82, 2.24) is 9.88 Å². The summed E-state index contributed by atoms with van der Waals surface area (Å²) >= 11 is 0. The summed E-state index contributed by atoms with van der Waals surface area (Å²) in [7, 11) is 0. The van der Waals surface area contributed by atoms with E-state index < -0.39 is 12.0 Å². The fraction of sp³-hybridized carbons (Fsp3) is 0.316. The summed E-state index contributed by atoms with van der Waals surface area (Å²) in [6.45, 7) is 2.38. The molecule has 0 N–H and O–H groups in total. The molecule has 3 atom stereocenters. The first kappa shape index (κ1) is 15.8. The highest BCUT2D eigenvalue weighted by atomic mass is 16.7. The van der Waals surface area contributed by atoms with E-state index in [2.05, 4.69) is 4.98 Å². The van der Waals surface area contributed by atoms with Gasteiger partial charge >= 0.3 is 0 Å². The van der Waals surface area contributed by atoms with Crippen LogP contribution in [0.5, 0.6) is 0 Å². The van der Waals surface area contributed by atoms with E-state index in [1.165, 1.54) is 4.90 Å². The van der Waals surface area contributed by atoms with Crippen molar-refractivity contribution in [2.24, 2.45) is 5.92 Å². The number of rotatable bonds is 4. The van der Waals surface area contributed by atoms with Crippen molar-refractivity contribution >= 4 is 17.5 Å². The lowest BCUT2D eigenvalue weighted by atomic mass is 9.91. The number of anilines is 1. The minimum atomic E-state index is -0.766. The van der Waals surface area contributed by atoms with Gasteiger partial charge in [0.1, 0.15) is 5.92 Å². The number of carbonyl (C=O) groups excluding carboxylic acids is 2. The van der Waals surface area contributed by atoms with Gasteiger partial charge in [-0.15, -0.1) is 0 Å². The molecule has 128 valence electrons. The predicted molar refractivity (Wildman–Crippen MR) is 91.3 cm³/mol. The quantitative estimate of drug-likeness (QED) is 0.802. The van der Waals surface area contributed by atoms with Crippen LogP contribution in [-0.4, -0.2) is 34.3 Å². The molecule has 0 unspecified atom stereocenters. The van der Waals surface area contributed by atoms with Crippen LogP contribution in [0.2, 0.25) is 0 Å². The van der Waals surface area contributed by atoms with Crippen LogP contribution >= 0.6 is 0 Å². The molecule has 2 saturated heterocycles. The van der Waals surface area contributed by atoms with Gasteiger partial charge in [0.25, 0.3) is 5.91 Å². The molecule has 0 aliphatic carbocycles. The molecular weight excluding hydrogens is 318 g/mol. The molecule has 1 aromatic carbocycles. The zero-order valence-corrected chi connectivity index (χ0v) is 13.9. The van der Waals surface area contributed by atoms with Gasteiger partial charge in [-0.25, -0.2) is 5.06 Å². The Morgan fingerprint density at radius 3 is 2.44 bits per heavy atom.